The van der Waals surface area contributed by atoms with Gasteiger partial charge in [-0.3, -0.25) is 14.5 Å². The zero-order chi connectivity index (χ0) is 13.8. The van der Waals surface area contributed by atoms with Crippen molar-refractivity contribution in [3.05, 3.63) is 23.9 Å². The maximum atomic E-state index is 12.1. The van der Waals surface area contributed by atoms with Crippen LogP contribution in [0.3, 0.4) is 0 Å². The maximum Gasteiger partial charge on any atom is 0.228 e. The molecule has 1 aliphatic heterocycles. The van der Waals surface area contributed by atoms with Crippen LogP contribution in [0.25, 0.3) is 0 Å². The van der Waals surface area contributed by atoms with Crippen molar-refractivity contribution in [1.29, 1.82) is 0 Å². The zero-order valence-corrected chi connectivity index (χ0v) is 12.1. The molecule has 0 bridgehead atoms. The lowest BCUT2D eigenvalue weighted by Gasteiger charge is -2.18. The predicted octanol–water partition coefficient (Wildman–Crippen LogP) is 2.28. The molecular formula is C14H18N2O2S. The summed E-state index contributed by atoms with van der Waals surface area (Å²) in [4.78, 5) is 29.2. The van der Waals surface area contributed by atoms with Gasteiger partial charge < -0.3 is 0 Å². The summed E-state index contributed by atoms with van der Waals surface area (Å²) in [6, 6.07) is 3.90. The number of pyridine rings is 1. The third kappa shape index (κ3) is 3.35. The van der Waals surface area contributed by atoms with E-state index in [1.54, 1.807) is 18.0 Å². The van der Waals surface area contributed by atoms with Crippen molar-refractivity contribution in [3.8, 4) is 0 Å². The van der Waals surface area contributed by atoms with Gasteiger partial charge in [0, 0.05) is 31.8 Å². The summed E-state index contributed by atoms with van der Waals surface area (Å²) in [5.74, 6) is 1.85. The number of hydrogen-bond acceptors (Lipinski definition) is 4. The van der Waals surface area contributed by atoms with Gasteiger partial charge in [-0.2, -0.15) is 0 Å². The summed E-state index contributed by atoms with van der Waals surface area (Å²) in [5.41, 5.74) is 1.09. The van der Waals surface area contributed by atoms with E-state index in [4.69, 9.17) is 0 Å². The van der Waals surface area contributed by atoms with Crippen molar-refractivity contribution in [3.63, 3.8) is 0 Å². The Bertz CT molecular complexity index is 490. The molecule has 1 aliphatic rings. The Kier molecular flexibility index (Phi) is 4.58. The fourth-order valence-electron chi connectivity index (χ4n) is 2.28. The van der Waals surface area contributed by atoms with Crippen molar-refractivity contribution in [2.45, 2.75) is 26.7 Å². The van der Waals surface area contributed by atoms with E-state index in [1.165, 1.54) is 11.8 Å². The van der Waals surface area contributed by atoms with Crippen LogP contribution < -0.4 is 4.90 Å². The molecule has 1 unspecified atom stereocenters. The van der Waals surface area contributed by atoms with Gasteiger partial charge >= 0.3 is 0 Å². The Hall–Kier alpha value is -1.36. The van der Waals surface area contributed by atoms with E-state index >= 15 is 0 Å². The standard InChI is InChI=1S/C14H18N2O2S/c1-3-12-5-4-6-15-14(12)16-8-11(7-13(16)18)9-19-10(2)17/h4-6,11H,3,7-9H2,1-2H3. The summed E-state index contributed by atoms with van der Waals surface area (Å²) in [5, 5.41) is 0.109. The summed E-state index contributed by atoms with van der Waals surface area (Å²) in [6.45, 7) is 4.29. The summed E-state index contributed by atoms with van der Waals surface area (Å²) < 4.78 is 0. The van der Waals surface area contributed by atoms with Gasteiger partial charge in [-0.1, -0.05) is 24.8 Å². The van der Waals surface area contributed by atoms with Crippen molar-refractivity contribution >= 4 is 28.6 Å². The first kappa shape index (κ1) is 14.1. The average Bonchev–Trinajstić information content (AvgIpc) is 2.77. The highest BCUT2D eigenvalue weighted by Crippen LogP contribution is 2.28. The number of aromatic nitrogens is 1. The molecule has 2 heterocycles. The third-order valence-corrected chi connectivity index (χ3v) is 4.28. The highest BCUT2D eigenvalue weighted by atomic mass is 32.2. The SMILES string of the molecule is CCc1cccnc1N1CC(CSC(C)=O)CC1=O. The van der Waals surface area contributed by atoms with Crippen LogP contribution in [-0.4, -0.2) is 28.3 Å². The van der Waals surface area contributed by atoms with Gasteiger partial charge in [-0.05, 0) is 24.0 Å². The monoisotopic (exact) mass is 278 g/mol. The van der Waals surface area contributed by atoms with Gasteiger partial charge in [0.1, 0.15) is 5.82 Å². The summed E-state index contributed by atoms with van der Waals surface area (Å²) in [6.07, 6.45) is 3.10. The zero-order valence-electron chi connectivity index (χ0n) is 11.3. The van der Waals surface area contributed by atoms with E-state index in [-0.39, 0.29) is 16.9 Å². The topological polar surface area (TPSA) is 50.3 Å². The first-order valence-corrected chi connectivity index (χ1v) is 7.48. The van der Waals surface area contributed by atoms with E-state index in [9.17, 15) is 9.59 Å². The van der Waals surface area contributed by atoms with Crippen LogP contribution in [-0.2, 0) is 16.0 Å². The van der Waals surface area contributed by atoms with Crippen LogP contribution in [0.2, 0.25) is 0 Å². The minimum Gasteiger partial charge on any atom is -0.296 e. The molecule has 19 heavy (non-hydrogen) atoms. The number of nitrogens with zero attached hydrogens (tertiary/aromatic N) is 2. The number of carbonyl (C=O) groups excluding carboxylic acids is 2. The minimum atomic E-state index is 0.109. The van der Waals surface area contributed by atoms with Gasteiger partial charge in [-0.25, -0.2) is 4.98 Å². The Morgan fingerprint density at radius 1 is 1.58 bits per heavy atom. The molecular weight excluding hydrogens is 260 g/mol. The van der Waals surface area contributed by atoms with E-state index in [1.807, 2.05) is 12.1 Å². The highest BCUT2D eigenvalue weighted by Gasteiger charge is 2.32. The van der Waals surface area contributed by atoms with Gasteiger partial charge in [0.05, 0.1) is 0 Å². The Labute approximate surface area is 117 Å². The summed E-state index contributed by atoms with van der Waals surface area (Å²) in [7, 11) is 0. The van der Waals surface area contributed by atoms with Gasteiger partial charge in [0.25, 0.3) is 0 Å². The van der Waals surface area contributed by atoms with Gasteiger partial charge in [0.2, 0.25) is 5.91 Å². The second-order valence-corrected chi connectivity index (χ2v) is 5.91. The molecule has 0 N–H and O–H groups in total. The Morgan fingerprint density at radius 2 is 2.37 bits per heavy atom. The number of aryl methyl sites for hydroxylation is 1. The molecule has 0 aromatic carbocycles. The number of carbonyl (C=O) groups is 2. The second kappa shape index (κ2) is 6.19. The molecule has 1 atom stereocenters. The number of amides is 1. The normalized spacial score (nSPS) is 18.9. The maximum absolute atomic E-state index is 12.1. The number of thioether (sulfide) groups is 1. The fourth-order valence-corrected chi connectivity index (χ4v) is 2.98. The molecule has 1 aromatic rings. The molecule has 0 radical (unpaired) electrons. The van der Waals surface area contributed by atoms with E-state index in [0.29, 0.717) is 18.7 Å². The van der Waals surface area contributed by atoms with Crippen LogP contribution in [0.4, 0.5) is 5.82 Å². The highest BCUT2D eigenvalue weighted by molar-refractivity contribution is 8.13. The molecule has 1 fully saturated rings. The molecule has 0 aliphatic carbocycles. The van der Waals surface area contributed by atoms with Gasteiger partial charge in [0.15, 0.2) is 5.12 Å². The molecule has 0 saturated carbocycles. The second-order valence-electron chi connectivity index (χ2n) is 4.72. The lowest BCUT2D eigenvalue weighted by molar-refractivity contribution is -0.117. The Balaban J connectivity index is 2.09. The average molecular weight is 278 g/mol. The van der Waals surface area contributed by atoms with E-state index in [0.717, 1.165) is 17.8 Å². The molecule has 4 nitrogen and oxygen atoms in total. The largest absolute Gasteiger partial charge is 0.296 e. The molecule has 2 rings (SSSR count). The lowest BCUT2D eigenvalue weighted by atomic mass is 10.1. The summed E-state index contributed by atoms with van der Waals surface area (Å²) >= 11 is 1.30. The number of rotatable bonds is 4. The third-order valence-electron chi connectivity index (χ3n) is 3.23. The van der Waals surface area contributed by atoms with Crippen molar-refractivity contribution in [1.82, 2.24) is 4.98 Å². The first-order valence-electron chi connectivity index (χ1n) is 6.49. The van der Waals surface area contributed by atoms with Crippen LogP contribution in [0.5, 0.6) is 0 Å². The van der Waals surface area contributed by atoms with Crippen LogP contribution in [0.1, 0.15) is 25.8 Å². The first-order chi connectivity index (χ1) is 9.11. The smallest absolute Gasteiger partial charge is 0.228 e. The molecule has 1 saturated heterocycles. The van der Waals surface area contributed by atoms with E-state index < -0.39 is 0 Å². The number of anilines is 1. The van der Waals surface area contributed by atoms with E-state index in [2.05, 4.69) is 11.9 Å². The molecule has 5 heteroatoms. The molecule has 1 amide bonds. The number of hydrogen-bond donors (Lipinski definition) is 0. The fraction of sp³-hybridized carbons (Fsp3) is 0.500. The predicted molar refractivity (Wildman–Crippen MR) is 77.2 cm³/mol. The van der Waals surface area contributed by atoms with Gasteiger partial charge in [-0.15, -0.1) is 0 Å². The van der Waals surface area contributed by atoms with Crippen molar-refractivity contribution in [2.24, 2.45) is 5.92 Å². The van der Waals surface area contributed by atoms with Crippen LogP contribution in [0, 0.1) is 5.92 Å². The van der Waals surface area contributed by atoms with Crippen molar-refractivity contribution < 1.29 is 9.59 Å². The molecule has 0 spiro atoms. The lowest BCUT2D eigenvalue weighted by Crippen LogP contribution is -2.26. The van der Waals surface area contributed by atoms with Crippen molar-refractivity contribution in [2.75, 3.05) is 17.2 Å². The molecule has 102 valence electrons. The Morgan fingerprint density at radius 3 is 3.05 bits per heavy atom. The van der Waals surface area contributed by atoms with Crippen LogP contribution >= 0.6 is 11.8 Å². The van der Waals surface area contributed by atoms with Crippen LogP contribution in [0.15, 0.2) is 18.3 Å². The molecule has 1 aromatic heterocycles. The quantitative estimate of drug-likeness (QED) is 0.848. The minimum absolute atomic E-state index is 0.109.